The Morgan fingerprint density at radius 2 is 2.00 bits per heavy atom. The number of amides is 2. The van der Waals surface area contributed by atoms with Gasteiger partial charge >= 0.3 is 6.03 Å². The van der Waals surface area contributed by atoms with Crippen molar-refractivity contribution in [2.45, 2.75) is 13.0 Å². The number of tetrazole rings is 1. The molecule has 2 aromatic carbocycles. The van der Waals surface area contributed by atoms with Gasteiger partial charge in [-0.15, -0.1) is 5.10 Å². The molecule has 0 radical (unpaired) electrons. The van der Waals surface area contributed by atoms with Crippen LogP contribution in [-0.2, 0) is 0 Å². The Hall–Kier alpha value is -2.97. The zero-order valence-electron chi connectivity index (χ0n) is 15.9. The van der Waals surface area contributed by atoms with Crippen molar-refractivity contribution in [3.63, 3.8) is 0 Å². The summed E-state index contributed by atoms with van der Waals surface area (Å²) < 4.78 is 1.60. The van der Waals surface area contributed by atoms with Gasteiger partial charge in [0.25, 0.3) is 0 Å². The molecule has 0 aliphatic carbocycles. The smallest absolute Gasteiger partial charge is 0.319 e. The van der Waals surface area contributed by atoms with Gasteiger partial charge in [0.15, 0.2) is 5.82 Å². The van der Waals surface area contributed by atoms with Crippen LogP contribution in [0.15, 0.2) is 48.5 Å². The van der Waals surface area contributed by atoms with E-state index in [1.165, 1.54) is 0 Å². The van der Waals surface area contributed by atoms with Gasteiger partial charge in [0, 0.05) is 17.3 Å². The molecular weight excluding hydrogens is 378 g/mol. The van der Waals surface area contributed by atoms with Crippen molar-refractivity contribution in [3.8, 4) is 5.69 Å². The topological polar surface area (TPSA) is 88.0 Å². The first kappa shape index (κ1) is 19.8. The molecule has 0 bridgehead atoms. The number of carbonyl (C=O) groups is 1. The van der Waals surface area contributed by atoms with Crippen molar-refractivity contribution in [2.24, 2.45) is 0 Å². The summed E-state index contributed by atoms with van der Waals surface area (Å²) in [4.78, 5) is 14.4. The highest BCUT2D eigenvalue weighted by Gasteiger charge is 2.18. The van der Waals surface area contributed by atoms with Crippen LogP contribution in [0.5, 0.6) is 0 Å². The van der Waals surface area contributed by atoms with Gasteiger partial charge in [0.2, 0.25) is 0 Å². The fraction of sp³-hybridized carbons (Fsp3) is 0.263. The number of aromatic nitrogens is 4. The number of nitrogens with zero attached hydrogens (tertiary/aromatic N) is 5. The highest BCUT2D eigenvalue weighted by molar-refractivity contribution is 6.31. The number of aryl methyl sites for hydroxylation is 1. The summed E-state index contributed by atoms with van der Waals surface area (Å²) in [5.74, 6) is 0.662. The lowest BCUT2D eigenvalue weighted by Gasteiger charge is -2.26. The number of likely N-dealkylation sites (N-methyl/N-ethyl adjacent to an activating group) is 1. The summed E-state index contributed by atoms with van der Waals surface area (Å²) >= 11 is 6.31. The minimum atomic E-state index is -0.301. The highest BCUT2D eigenvalue weighted by Crippen LogP contribution is 2.25. The summed E-state index contributed by atoms with van der Waals surface area (Å²) in [5.41, 5.74) is 2.37. The van der Waals surface area contributed by atoms with Crippen LogP contribution in [0.3, 0.4) is 0 Å². The maximum Gasteiger partial charge on any atom is 0.319 e. The van der Waals surface area contributed by atoms with Crippen LogP contribution >= 0.6 is 11.6 Å². The van der Waals surface area contributed by atoms with Crippen LogP contribution in [0, 0.1) is 6.92 Å². The number of rotatable bonds is 6. The molecule has 1 atom stereocenters. The molecular formula is C19H22ClN7O. The second kappa shape index (κ2) is 8.81. The summed E-state index contributed by atoms with van der Waals surface area (Å²) in [6, 6.07) is 14.6. The molecule has 1 unspecified atom stereocenters. The van der Waals surface area contributed by atoms with Crippen LogP contribution < -0.4 is 10.6 Å². The van der Waals surface area contributed by atoms with Crippen molar-refractivity contribution in [2.75, 3.05) is 26.0 Å². The van der Waals surface area contributed by atoms with E-state index in [1.54, 1.807) is 16.8 Å². The van der Waals surface area contributed by atoms with Crippen LogP contribution in [0.1, 0.15) is 17.4 Å². The maximum absolute atomic E-state index is 12.4. The molecule has 0 aliphatic rings. The SMILES string of the molecule is Cc1nnnn1-c1cccc(NC(=O)NCC(c2ccccc2Cl)N(C)C)c1. The third-order valence-electron chi connectivity index (χ3n) is 4.32. The fourth-order valence-corrected chi connectivity index (χ4v) is 3.13. The van der Waals surface area contributed by atoms with Gasteiger partial charge in [0.1, 0.15) is 0 Å². The second-order valence-electron chi connectivity index (χ2n) is 6.52. The summed E-state index contributed by atoms with van der Waals surface area (Å²) in [6.45, 7) is 2.22. The highest BCUT2D eigenvalue weighted by atomic mass is 35.5. The molecule has 3 rings (SSSR count). The molecule has 2 N–H and O–H groups in total. The molecule has 0 spiro atoms. The van der Waals surface area contributed by atoms with E-state index in [2.05, 4.69) is 26.2 Å². The van der Waals surface area contributed by atoms with Crippen LogP contribution in [0.4, 0.5) is 10.5 Å². The molecule has 0 saturated heterocycles. The Balaban J connectivity index is 1.65. The van der Waals surface area contributed by atoms with E-state index in [1.807, 2.05) is 62.3 Å². The Bertz CT molecular complexity index is 957. The Morgan fingerprint density at radius 3 is 2.68 bits per heavy atom. The van der Waals surface area contributed by atoms with E-state index in [0.29, 0.717) is 23.1 Å². The third-order valence-corrected chi connectivity index (χ3v) is 4.66. The minimum Gasteiger partial charge on any atom is -0.336 e. The van der Waals surface area contributed by atoms with Crippen molar-refractivity contribution >= 4 is 23.3 Å². The van der Waals surface area contributed by atoms with E-state index in [-0.39, 0.29) is 12.1 Å². The number of hydrogen-bond acceptors (Lipinski definition) is 5. The third kappa shape index (κ3) is 4.65. The molecule has 2 amide bonds. The number of carbonyl (C=O) groups excluding carboxylic acids is 1. The molecule has 0 aliphatic heterocycles. The molecule has 0 saturated carbocycles. The first-order valence-electron chi connectivity index (χ1n) is 8.77. The van der Waals surface area contributed by atoms with E-state index in [4.69, 9.17) is 11.6 Å². The minimum absolute atomic E-state index is 0.0466. The van der Waals surface area contributed by atoms with E-state index >= 15 is 0 Å². The van der Waals surface area contributed by atoms with Crippen LogP contribution in [0.25, 0.3) is 5.69 Å². The van der Waals surface area contributed by atoms with Crippen molar-refractivity contribution < 1.29 is 4.79 Å². The lowest BCUT2D eigenvalue weighted by molar-refractivity contribution is 0.243. The van der Waals surface area contributed by atoms with Gasteiger partial charge < -0.3 is 15.5 Å². The summed E-state index contributed by atoms with van der Waals surface area (Å²) in [5, 5.41) is 17.9. The Kier molecular flexibility index (Phi) is 6.23. The molecule has 0 fully saturated rings. The van der Waals surface area contributed by atoms with E-state index in [0.717, 1.165) is 11.3 Å². The number of hydrogen-bond donors (Lipinski definition) is 2. The van der Waals surface area contributed by atoms with Gasteiger partial charge in [-0.3, -0.25) is 0 Å². The molecule has 1 heterocycles. The average Bonchev–Trinajstić information content (AvgIpc) is 3.09. The monoisotopic (exact) mass is 399 g/mol. The normalized spacial score (nSPS) is 12.0. The Labute approximate surface area is 168 Å². The number of benzene rings is 2. The molecule has 8 nitrogen and oxygen atoms in total. The molecule has 9 heteroatoms. The quantitative estimate of drug-likeness (QED) is 0.665. The first-order chi connectivity index (χ1) is 13.5. The molecule has 28 heavy (non-hydrogen) atoms. The van der Waals surface area contributed by atoms with Crippen molar-refractivity contribution in [3.05, 3.63) is 64.9 Å². The van der Waals surface area contributed by atoms with Gasteiger partial charge in [-0.25, -0.2) is 4.79 Å². The van der Waals surface area contributed by atoms with Gasteiger partial charge in [0.05, 0.1) is 11.7 Å². The fourth-order valence-electron chi connectivity index (χ4n) is 2.87. The Morgan fingerprint density at radius 1 is 1.21 bits per heavy atom. The number of anilines is 1. The zero-order chi connectivity index (χ0) is 20.1. The second-order valence-corrected chi connectivity index (χ2v) is 6.93. The number of halogens is 1. The van der Waals surface area contributed by atoms with Crippen molar-refractivity contribution in [1.29, 1.82) is 0 Å². The van der Waals surface area contributed by atoms with Gasteiger partial charge in [-0.05, 0) is 61.3 Å². The first-order valence-corrected chi connectivity index (χ1v) is 9.14. The molecule has 146 valence electrons. The largest absolute Gasteiger partial charge is 0.336 e. The molecule has 3 aromatic rings. The van der Waals surface area contributed by atoms with E-state index < -0.39 is 0 Å². The van der Waals surface area contributed by atoms with Crippen molar-refractivity contribution in [1.82, 2.24) is 30.4 Å². The summed E-state index contributed by atoms with van der Waals surface area (Å²) in [6.07, 6.45) is 0. The summed E-state index contributed by atoms with van der Waals surface area (Å²) in [7, 11) is 3.90. The predicted molar refractivity (Wildman–Crippen MR) is 109 cm³/mol. The van der Waals surface area contributed by atoms with Gasteiger partial charge in [-0.1, -0.05) is 35.9 Å². The predicted octanol–water partition coefficient (Wildman–Crippen LogP) is 3.05. The van der Waals surface area contributed by atoms with Crippen LogP contribution in [0.2, 0.25) is 5.02 Å². The van der Waals surface area contributed by atoms with E-state index in [9.17, 15) is 4.79 Å². The van der Waals surface area contributed by atoms with Crippen LogP contribution in [-0.4, -0.2) is 51.8 Å². The maximum atomic E-state index is 12.4. The number of nitrogens with one attached hydrogen (secondary N) is 2. The lowest BCUT2D eigenvalue weighted by Crippen LogP contribution is -2.37. The zero-order valence-corrected chi connectivity index (χ0v) is 16.7. The number of urea groups is 1. The average molecular weight is 400 g/mol. The lowest BCUT2D eigenvalue weighted by atomic mass is 10.1. The van der Waals surface area contributed by atoms with Gasteiger partial charge in [-0.2, -0.15) is 4.68 Å². The standard InChI is InChI=1S/C19H22ClN7O/c1-13-23-24-25-27(13)15-8-6-7-14(11-15)22-19(28)21-12-18(26(2)3)16-9-4-5-10-17(16)20/h4-11,18H,12H2,1-3H3,(H2,21,22,28). The molecule has 1 aromatic heterocycles.